The lowest BCUT2D eigenvalue weighted by molar-refractivity contribution is -0.121. The largest absolute Gasteiger partial charge is 0.364 e. The third-order valence-corrected chi connectivity index (χ3v) is 1.74. The number of nitrogens with zero attached hydrogens (tertiary/aromatic N) is 1. The van der Waals surface area contributed by atoms with Gasteiger partial charge in [-0.2, -0.15) is 0 Å². The van der Waals surface area contributed by atoms with Crippen molar-refractivity contribution in [3.05, 3.63) is 36.7 Å². The Kier molecular flexibility index (Phi) is 5.37. The number of hydrogen-bond acceptors (Lipinski definition) is 2. The number of allylic oxidation sites excluding steroid dienone is 2. The van der Waals surface area contributed by atoms with Crippen LogP contribution >= 0.6 is 0 Å². The quantitative estimate of drug-likeness (QED) is 0.725. The van der Waals surface area contributed by atoms with E-state index in [-0.39, 0.29) is 5.91 Å². The summed E-state index contributed by atoms with van der Waals surface area (Å²) >= 11 is 0. The van der Waals surface area contributed by atoms with Gasteiger partial charge in [-0.05, 0) is 12.2 Å². The number of likely N-dealkylation sites (N-methyl/N-ethyl adjacent to an activating group) is 1. The maximum Gasteiger partial charge on any atom is 0.243 e. The Morgan fingerprint density at radius 3 is 2.36 bits per heavy atom. The zero-order valence-corrected chi connectivity index (χ0v) is 9.13. The van der Waals surface area contributed by atoms with Crippen LogP contribution in [0.15, 0.2) is 36.7 Å². The predicted molar refractivity (Wildman–Crippen MR) is 59.5 cm³/mol. The van der Waals surface area contributed by atoms with Crippen LogP contribution in [0.1, 0.15) is 13.8 Å². The van der Waals surface area contributed by atoms with E-state index in [1.165, 1.54) is 0 Å². The maximum atomic E-state index is 11.0. The lowest BCUT2D eigenvalue weighted by atomic mass is 10.2. The summed E-state index contributed by atoms with van der Waals surface area (Å²) in [5.74, 6) is -0.0157. The molecule has 0 aromatic carbocycles. The molecule has 1 heterocycles. The first kappa shape index (κ1) is 12.5. The van der Waals surface area contributed by atoms with E-state index in [1.807, 2.05) is 25.8 Å². The standard InChI is InChI=1S/C9H12N2O.C2H6/c1-4-7-8(5-2)11(3)6-9(12)10-7;1-2/h4-5H,1-2,6H2,3H3,(H,10,12);1-2H3. The molecule has 0 saturated carbocycles. The molecule has 0 spiro atoms. The molecule has 0 saturated heterocycles. The Balaban J connectivity index is 0.000000791. The first-order valence-corrected chi connectivity index (χ1v) is 4.69. The summed E-state index contributed by atoms with van der Waals surface area (Å²) in [7, 11) is 1.85. The first-order chi connectivity index (χ1) is 6.69. The molecule has 78 valence electrons. The van der Waals surface area contributed by atoms with Crippen LogP contribution in [0.5, 0.6) is 0 Å². The molecule has 0 unspecified atom stereocenters. The van der Waals surface area contributed by atoms with Crippen molar-refractivity contribution in [1.29, 1.82) is 0 Å². The summed E-state index contributed by atoms with van der Waals surface area (Å²) < 4.78 is 0. The van der Waals surface area contributed by atoms with Crippen LogP contribution < -0.4 is 5.32 Å². The summed E-state index contributed by atoms with van der Waals surface area (Å²) in [6.07, 6.45) is 3.32. The molecule has 0 bridgehead atoms. The summed E-state index contributed by atoms with van der Waals surface area (Å²) in [4.78, 5) is 12.9. The van der Waals surface area contributed by atoms with E-state index in [2.05, 4.69) is 18.5 Å². The minimum atomic E-state index is -0.0157. The monoisotopic (exact) mass is 194 g/mol. The minimum Gasteiger partial charge on any atom is -0.364 e. The molecule has 1 N–H and O–H groups in total. The van der Waals surface area contributed by atoms with E-state index in [1.54, 1.807) is 12.2 Å². The van der Waals surface area contributed by atoms with Crippen molar-refractivity contribution >= 4 is 5.91 Å². The molecule has 1 amide bonds. The van der Waals surface area contributed by atoms with E-state index in [9.17, 15) is 4.79 Å². The molecule has 0 radical (unpaired) electrons. The SMILES string of the molecule is C=CC1=C(C=C)N(C)CC(=O)N1.CC. The number of carbonyl (C=O) groups is 1. The number of hydrogen-bond donors (Lipinski definition) is 1. The molecule has 14 heavy (non-hydrogen) atoms. The fraction of sp³-hybridized carbons (Fsp3) is 0.364. The van der Waals surface area contributed by atoms with Crippen molar-refractivity contribution < 1.29 is 4.79 Å². The summed E-state index contributed by atoms with van der Waals surface area (Å²) in [6, 6.07) is 0. The summed E-state index contributed by atoms with van der Waals surface area (Å²) in [5.41, 5.74) is 1.63. The van der Waals surface area contributed by atoms with E-state index in [0.717, 1.165) is 11.4 Å². The molecule has 1 aliphatic heterocycles. The van der Waals surface area contributed by atoms with Gasteiger partial charge in [-0.3, -0.25) is 4.79 Å². The molecule has 0 atom stereocenters. The van der Waals surface area contributed by atoms with Crippen molar-refractivity contribution in [2.24, 2.45) is 0 Å². The molecule has 1 aliphatic rings. The van der Waals surface area contributed by atoms with Gasteiger partial charge in [0.25, 0.3) is 0 Å². The molecule has 0 aromatic heterocycles. The van der Waals surface area contributed by atoms with Crippen LogP contribution in [-0.2, 0) is 4.79 Å². The van der Waals surface area contributed by atoms with Crippen LogP contribution in [-0.4, -0.2) is 24.4 Å². The zero-order chi connectivity index (χ0) is 11.1. The lowest BCUT2D eigenvalue weighted by Gasteiger charge is -2.27. The molecule has 0 fully saturated rings. The summed E-state index contributed by atoms with van der Waals surface area (Å²) in [6.45, 7) is 11.6. The van der Waals surface area contributed by atoms with Crippen LogP contribution in [0.4, 0.5) is 0 Å². The van der Waals surface area contributed by atoms with Gasteiger partial charge in [-0.25, -0.2) is 0 Å². The van der Waals surface area contributed by atoms with E-state index in [0.29, 0.717) is 6.54 Å². The van der Waals surface area contributed by atoms with Gasteiger partial charge in [-0.1, -0.05) is 27.0 Å². The van der Waals surface area contributed by atoms with Crippen molar-refractivity contribution in [3.63, 3.8) is 0 Å². The van der Waals surface area contributed by atoms with Crippen molar-refractivity contribution in [2.75, 3.05) is 13.6 Å². The normalized spacial score (nSPS) is 15.4. The van der Waals surface area contributed by atoms with Gasteiger partial charge < -0.3 is 10.2 Å². The van der Waals surface area contributed by atoms with Crippen LogP contribution in [0.2, 0.25) is 0 Å². The van der Waals surface area contributed by atoms with E-state index in [4.69, 9.17) is 0 Å². The Bertz CT molecular complexity index is 266. The van der Waals surface area contributed by atoms with Gasteiger partial charge in [-0.15, -0.1) is 0 Å². The topological polar surface area (TPSA) is 32.3 Å². The molecule has 0 aromatic rings. The summed E-state index contributed by atoms with van der Waals surface area (Å²) in [5, 5.41) is 2.71. The Hall–Kier alpha value is -1.51. The van der Waals surface area contributed by atoms with Gasteiger partial charge in [0, 0.05) is 7.05 Å². The third-order valence-electron chi connectivity index (χ3n) is 1.74. The fourth-order valence-corrected chi connectivity index (χ4v) is 1.18. The van der Waals surface area contributed by atoms with E-state index < -0.39 is 0 Å². The number of carbonyl (C=O) groups excluding carboxylic acids is 1. The van der Waals surface area contributed by atoms with Crippen molar-refractivity contribution in [3.8, 4) is 0 Å². The molecule has 0 aliphatic carbocycles. The second kappa shape index (κ2) is 6.02. The highest BCUT2D eigenvalue weighted by Crippen LogP contribution is 2.12. The lowest BCUT2D eigenvalue weighted by Crippen LogP contribution is -2.40. The smallest absolute Gasteiger partial charge is 0.243 e. The Labute approximate surface area is 85.8 Å². The highest BCUT2D eigenvalue weighted by molar-refractivity contribution is 5.82. The van der Waals surface area contributed by atoms with Gasteiger partial charge in [0.05, 0.1) is 17.9 Å². The van der Waals surface area contributed by atoms with Gasteiger partial charge >= 0.3 is 0 Å². The fourth-order valence-electron chi connectivity index (χ4n) is 1.18. The Morgan fingerprint density at radius 2 is 1.93 bits per heavy atom. The first-order valence-electron chi connectivity index (χ1n) is 4.69. The Morgan fingerprint density at radius 1 is 1.36 bits per heavy atom. The average molecular weight is 194 g/mol. The van der Waals surface area contributed by atoms with Crippen molar-refractivity contribution in [2.45, 2.75) is 13.8 Å². The number of amides is 1. The van der Waals surface area contributed by atoms with Crippen LogP contribution in [0.25, 0.3) is 0 Å². The van der Waals surface area contributed by atoms with Crippen LogP contribution in [0, 0.1) is 0 Å². The molecular weight excluding hydrogens is 176 g/mol. The molecule has 3 nitrogen and oxygen atoms in total. The van der Waals surface area contributed by atoms with E-state index >= 15 is 0 Å². The minimum absolute atomic E-state index is 0.0157. The van der Waals surface area contributed by atoms with Crippen molar-refractivity contribution in [1.82, 2.24) is 10.2 Å². The highest BCUT2D eigenvalue weighted by atomic mass is 16.2. The predicted octanol–water partition coefficient (Wildman–Crippen LogP) is 1.66. The van der Waals surface area contributed by atoms with Gasteiger partial charge in [0.15, 0.2) is 0 Å². The number of nitrogens with one attached hydrogen (secondary N) is 1. The van der Waals surface area contributed by atoms with Crippen LogP contribution in [0.3, 0.4) is 0 Å². The highest BCUT2D eigenvalue weighted by Gasteiger charge is 2.17. The molecule has 1 rings (SSSR count). The second-order valence-corrected chi connectivity index (χ2v) is 2.61. The number of rotatable bonds is 2. The van der Waals surface area contributed by atoms with Gasteiger partial charge in [0.2, 0.25) is 5.91 Å². The third kappa shape index (κ3) is 2.76. The zero-order valence-electron chi connectivity index (χ0n) is 9.13. The second-order valence-electron chi connectivity index (χ2n) is 2.61. The average Bonchev–Trinajstić information content (AvgIpc) is 2.19. The molecular formula is C11H18N2O. The molecule has 3 heteroatoms. The maximum absolute atomic E-state index is 11.0. The van der Waals surface area contributed by atoms with Gasteiger partial charge in [0.1, 0.15) is 0 Å².